The smallest absolute Gasteiger partial charge is 0.108 e. The van der Waals surface area contributed by atoms with E-state index in [9.17, 15) is 10.2 Å². The summed E-state index contributed by atoms with van der Waals surface area (Å²) >= 11 is 0. The quantitative estimate of drug-likeness (QED) is 0.543. The molecule has 5 nitrogen and oxygen atoms in total. The molecule has 0 aliphatic heterocycles. The Labute approximate surface area is 89.0 Å². The third-order valence-corrected chi connectivity index (χ3v) is 2.24. The van der Waals surface area contributed by atoms with Gasteiger partial charge < -0.3 is 21.3 Å². The Morgan fingerprint density at radius 3 is 2.80 bits per heavy atom. The summed E-state index contributed by atoms with van der Waals surface area (Å²) in [6, 6.07) is 1.63. The Hall–Kier alpha value is -1.17. The van der Waals surface area contributed by atoms with E-state index in [-0.39, 0.29) is 0 Å². The number of anilines is 1. The zero-order chi connectivity index (χ0) is 11.4. The second-order valence-electron chi connectivity index (χ2n) is 3.51. The topological polar surface area (TPSA) is 91.4 Å². The lowest BCUT2D eigenvalue weighted by atomic mass is 10.0. The van der Waals surface area contributed by atoms with E-state index in [4.69, 9.17) is 5.73 Å². The molecule has 0 saturated carbocycles. The number of nitrogens with two attached hydrogens (primary N) is 1. The van der Waals surface area contributed by atoms with E-state index in [1.54, 1.807) is 20.0 Å². The third kappa shape index (κ3) is 2.89. The first-order chi connectivity index (χ1) is 7.06. The van der Waals surface area contributed by atoms with Gasteiger partial charge in [-0.3, -0.25) is 4.98 Å². The number of aromatic nitrogens is 1. The number of hydrogen-bond donors (Lipinski definition) is 4. The normalized spacial score (nSPS) is 14.9. The first-order valence-electron chi connectivity index (χ1n) is 4.79. The minimum atomic E-state index is -0.964. The number of hydrogen-bond acceptors (Lipinski definition) is 5. The molecule has 2 unspecified atom stereocenters. The van der Waals surface area contributed by atoms with Crippen molar-refractivity contribution in [2.45, 2.75) is 19.1 Å². The zero-order valence-electron chi connectivity index (χ0n) is 8.94. The summed E-state index contributed by atoms with van der Waals surface area (Å²) in [6.45, 7) is 2.08. The minimum absolute atomic E-state index is 0.315. The first-order valence-corrected chi connectivity index (χ1v) is 4.79. The van der Waals surface area contributed by atoms with Gasteiger partial charge in [0.15, 0.2) is 0 Å². The monoisotopic (exact) mass is 211 g/mol. The van der Waals surface area contributed by atoms with Gasteiger partial charge >= 0.3 is 0 Å². The lowest BCUT2D eigenvalue weighted by molar-refractivity contribution is 0.0197. The van der Waals surface area contributed by atoms with E-state index >= 15 is 0 Å². The van der Waals surface area contributed by atoms with Gasteiger partial charge in [-0.15, -0.1) is 0 Å². The third-order valence-electron chi connectivity index (χ3n) is 2.24. The van der Waals surface area contributed by atoms with Crippen LogP contribution in [0.2, 0.25) is 0 Å². The van der Waals surface area contributed by atoms with Crippen LogP contribution in [0.1, 0.15) is 17.4 Å². The maximum Gasteiger partial charge on any atom is 0.108 e. The van der Waals surface area contributed by atoms with Gasteiger partial charge in [0, 0.05) is 17.8 Å². The van der Waals surface area contributed by atoms with Gasteiger partial charge in [-0.2, -0.15) is 0 Å². The highest BCUT2D eigenvalue weighted by Gasteiger charge is 2.20. The molecular formula is C10H17N3O2. The summed E-state index contributed by atoms with van der Waals surface area (Å²) < 4.78 is 0. The Kier molecular flexibility index (Phi) is 4.02. The molecule has 1 heterocycles. The fourth-order valence-corrected chi connectivity index (χ4v) is 1.39. The summed E-state index contributed by atoms with van der Waals surface area (Å²) in [6.07, 6.45) is -0.304. The fourth-order valence-electron chi connectivity index (χ4n) is 1.39. The molecule has 0 bridgehead atoms. The number of aliphatic hydroxyl groups excluding tert-OH is 2. The van der Waals surface area contributed by atoms with E-state index in [2.05, 4.69) is 10.3 Å². The van der Waals surface area contributed by atoms with Crippen molar-refractivity contribution in [3.05, 3.63) is 23.5 Å². The second-order valence-corrected chi connectivity index (χ2v) is 3.51. The molecule has 5 heteroatoms. The van der Waals surface area contributed by atoms with E-state index in [1.165, 1.54) is 6.20 Å². The van der Waals surface area contributed by atoms with Crippen LogP contribution in [0.4, 0.5) is 5.69 Å². The lowest BCUT2D eigenvalue weighted by Gasteiger charge is -2.19. The number of likely N-dealkylation sites (N-methyl/N-ethyl adjacent to an activating group) is 1. The van der Waals surface area contributed by atoms with Gasteiger partial charge in [0.25, 0.3) is 0 Å². The van der Waals surface area contributed by atoms with Crippen LogP contribution in [-0.2, 0) is 0 Å². The van der Waals surface area contributed by atoms with E-state index in [0.29, 0.717) is 23.5 Å². The van der Waals surface area contributed by atoms with Crippen molar-refractivity contribution in [2.24, 2.45) is 0 Å². The number of nitrogens with one attached hydrogen (secondary N) is 1. The van der Waals surface area contributed by atoms with Crippen LogP contribution in [-0.4, -0.2) is 34.9 Å². The molecule has 5 N–H and O–H groups in total. The molecular weight excluding hydrogens is 194 g/mol. The van der Waals surface area contributed by atoms with Gasteiger partial charge in [-0.25, -0.2) is 0 Å². The van der Waals surface area contributed by atoms with E-state index < -0.39 is 12.2 Å². The summed E-state index contributed by atoms with van der Waals surface area (Å²) in [5.41, 5.74) is 7.29. The Morgan fingerprint density at radius 1 is 1.53 bits per heavy atom. The summed E-state index contributed by atoms with van der Waals surface area (Å²) in [4.78, 5) is 4.03. The van der Waals surface area contributed by atoms with Crippen LogP contribution in [0.25, 0.3) is 0 Å². The SMILES string of the molecule is CNCC(O)C(O)c1cc(N)cnc1C. The number of aliphatic hydroxyl groups is 2. The maximum atomic E-state index is 9.84. The van der Waals surface area contributed by atoms with Crippen molar-refractivity contribution >= 4 is 5.69 Å². The van der Waals surface area contributed by atoms with Crippen LogP contribution < -0.4 is 11.1 Å². The highest BCUT2D eigenvalue weighted by Crippen LogP contribution is 2.21. The summed E-state index contributed by atoms with van der Waals surface area (Å²) in [5.74, 6) is 0. The lowest BCUT2D eigenvalue weighted by Crippen LogP contribution is -2.30. The van der Waals surface area contributed by atoms with E-state index in [1.807, 2.05) is 0 Å². The second kappa shape index (κ2) is 5.06. The van der Waals surface area contributed by atoms with Crippen molar-refractivity contribution in [3.63, 3.8) is 0 Å². The molecule has 0 fully saturated rings. The van der Waals surface area contributed by atoms with Gasteiger partial charge in [-0.1, -0.05) is 0 Å². The van der Waals surface area contributed by atoms with Crippen LogP contribution in [0, 0.1) is 6.92 Å². The molecule has 1 aromatic heterocycles. The minimum Gasteiger partial charge on any atom is -0.397 e. The van der Waals surface area contributed by atoms with Crippen molar-refractivity contribution < 1.29 is 10.2 Å². The Balaban J connectivity index is 2.89. The average molecular weight is 211 g/mol. The van der Waals surface area contributed by atoms with Crippen molar-refractivity contribution in [2.75, 3.05) is 19.3 Å². The molecule has 2 atom stereocenters. The van der Waals surface area contributed by atoms with Crippen LogP contribution in [0.5, 0.6) is 0 Å². The van der Waals surface area contributed by atoms with Gasteiger partial charge in [0.05, 0.1) is 18.0 Å². The number of nitrogens with zero attached hydrogens (tertiary/aromatic N) is 1. The van der Waals surface area contributed by atoms with Crippen molar-refractivity contribution in [1.29, 1.82) is 0 Å². The number of nitrogen functional groups attached to an aromatic ring is 1. The molecule has 1 aromatic rings. The number of rotatable bonds is 4. The molecule has 0 saturated heterocycles. The molecule has 0 aliphatic carbocycles. The molecule has 0 amide bonds. The molecule has 15 heavy (non-hydrogen) atoms. The highest BCUT2D eigenvalue weighted by atomic mass is 16.3. The Morgan fingerprint density at radius 2 is 2.20 bits per heavy atom. The molecule has 0 radical (unpaired) electrons. The van der Waals surface area contributed by atoms with E-state index in [0.717, 1.165) is 0 Å². The first kappa shape index (κ1) is 11.9. The maximum absolute atomic E-state index is 9.84. The van der Waals surface area contributed by atoms with Crippen molar-refractivity contribution in [3.8, 4) is 0 Å². The highest BCUT2D eigenvalue weighted by molar-refractivity contribution is 5.41. The van der Waals surface area contributed by atoms with Crippen LogP contribution in [0.15, 0.2) is 12.3 Å². The van der Waals surface area contributed by atoms with Gasteiger partial charge in [-0.05, 0) is 20.0 Å². The summed E-state index contributed by atoms with van der Waals surface area (Å²) in [5, 5.41) is 22.2. The van der Waals surface area contributed by atoms with Crippen molar-refractivity contribution in [1.82, 2.24) is 10.3 Å². The molecule has 84 valence electrons. The summed E-state index contributed by atoms with van der Waals surface area (Å²) in [7, 11) is 1.71. The van der Waals surface area contributed by atoms with Crippen LogP contribution in [0.3, 0.4) is 0 Å². The van der Waals surface area contributed by atoms with Gasteiger partial charge in [0.2, 0.25) is 0 Å². The molecule has 0 aromatic carbocycles. The zero-order valence-corrected chi connectivity index (χ0v) is 8.94. The number of aryl methyl sites for hydroxylation is 1. The molecule has 0 spiro atoms. The Bertz CT molecular complexity index is 330. The predicted molar refractivity (Wildman–Crippen MR) is 58.3 cm³/mol. The molecule has 1 rings (SSSR count). The largest absolute Gasteiger partial charge is 0.397 e. The predicted octanol–water partition coefficient (Wildman–Crippen LogP) is -0.414. The number of pyridine rings is 1. The average Bonchev–Trinajstić information content (AvgIpc) is 2.21. The molecule has 0 aliphatic rings. The van der Waals surface area contributed by atoms with Crippen LogP contribution >= 0.6 is 0 Å². The fraction of sp³-hybridized carbons (Fsp3) is 0.500. The standard InChI is InChI=1S/C10H17N3O2/c1-6-8(3-7(11)4-13-6)10(15)9(14)5-12-2/h3-4,9-10,12,14-15H,5,11H2,1-2H3. The van der Waals surface area contributed by atoms with Gasteiger partial charge in [0.1, 0.15) is 6.10 Å².